The van der Waals surface area contributed by atoms with Crippen LogP contribution < -0.4 is 19.1 Å². The van der Waals surface area contributed by atoms with E-state index in [1.165, 1.54) is 29.6 Å². The number of hydrogen-bond donors (Lipinski definition) is 1. The minimum Gasteiger partial charge on any atom is -0.495 e. The van der Waals surface area contributed by atoms with Crippen molar-refractivity contribution in [2.45, 2.75) is 17.4 Å². The number of anilines is 1. The number of para-hydroxylation sites is 2. The van der Waals surface area contributed by atoms with E-state index in [0.29, 0.717) is 30.2 Å². The van der Waals surface area contributed by atoms with Crippen molar-refractivity contribution in [2.75, 3.05) is 24.5 Å². The summed E-state index contributed by atoms with van der Waals surface area (Å²) in [4.78, 5) is 12.8. The third-order valence-electron chi connectivity index (χ3n) is 5.29. The van der Waals surface area contributed by atoms with Crippen molar-refractivity contribution in [1.82, 2.24) is 5.32 Å². The van der Waals surface area contributed by atoms with Gasteiger partial charge >= 0.3 is 0 Å². The molecule has 0 aromatic heterocycles. The van der Waals surface area contributed by atoms with Gasteiger partial charge in [-0.3, -0.25) is 9.10 Å². The summed E-state index contributed by atoms with van der Waals surface area (Å²) in [5, 5.41) is 3.02. The minimum atomic E-state index is -4.02. The number of hydrogen-bond acceptors (Lipinski definition) is 5. The number of sulfonamides is 1. The van der Waals surface area contributed by atoms with Gasteiger partial charge in [0.05, 0.1) is 29.3 Å². The Hall–Kier alpha value is -3.23. The summed E-state index contributed by atoms with van der Waals surface area (Å²) in [6.45, 7) is 0.241. The average molecular weight is 487 g/mol. The van der Waals surface area contributed by atoms with Crippen LogP contribution in [0.5, 0.6) is 11.5 Å². The predicted molar refractivity (Wildman–Crippen MR) is 127 cm³/mol. The molecule has 1 aliphatic rings. The minimum absolute atomic E-state index is 0.00626. The smallest absolute Gasteiger partial charge is 0.264 e. The van der Waals surface area contributed by atoms with E-state index in [9.17, 15) is 13.2 Å². The number of fused-ring (bicyclic) bond motifs is 1. The molecule has 1 unspecified atom stereocenters. The number of ether oxygens (including phenoxy) is 2. The lowest BCUT2D eigenvalue weighted by atomic mass is 10.1. The number of carbonyl (C=O) groups excluding carboxylic acids is 1. The second-order valence-corrected chi connectivity index (χ2v) is 9.70. The second kappa shape index (κ2) is 9.72. The molecule has 0 saturated heterocycles. The molecule has 1 aliphatic heterocycles. The number of amides is 1. The highest BCUT2D eigenvalue weighted by Crippen LogP contribution is 2.38. The molecule has 0 bridgehead atoms. The Bertz CT molecular complexity index is 1250. The summed E-state index contributed by atoms with van der Waals surface area (Å²) < 4.78 is 39.2. The number of methoxy groups -OCH3 is 1. The van der Waals surface area contributed by atoms with Crippen molar-refractivity contribution in [3.63, 3.8) is 0 Å². The third-order valence-corrected chi connectivity index (χ3v) is 7.37. The van der Waals surface area contributed by atoms with Crippen LogP contribution in [0.4, 0.5) is 5.69 Å². The fraction of sp³-hybridized carbons (Fsp3) is 0.208. The van der Waals surface area contributed by atoms with E-state index in [4.69, 9.17) is 21.1 Å². The van der Waals surface area contributed by atoms with E-state index in [2.05, 4.69) is 5.32 Å². The summed E-state index contributed by atoms with van der Waals surface area (Å²) in [6.07, 6.45) is -0.346. The molecule has 7 nitrogen and oxygen atoms in total. The zero-order valence-electron chi connectivity index (χ0n) is 17.9. The molecule has 1 heterocycles. The standard InChI is InChI=1S/C24H23ClN2O5S/c1-31-21-12-11-18(15-19(21)25)33(29,30)27-16-23(32-22-10-6-5-9-20(22)27)24(28)26-14-13-17-7-3-2-4-8-17/h2-12,15,23H,13-14,16H2,1H3,(H,26,28). The molecule has 1 amide bonds. The Morgan fingerprint density at radius 3 is 2.58 bits per heavy atom. The number of halogens is 1. The van der Waals surface area contributed by atoms with Gasteiger partial charge in [0.25, 0.3) is 15.9 Å². The van der Waals surface area contributed by atoms with E-state index in [-0.39, 0.29) is 22.4 Å². The molecule has 3 aromatic rings. The molecule has 3 aromatic carbocycles. The molecular formula is C24H23ClN2O5S. The van der Waals surface area contributed by atoms with Gasteiger partial charge in [0, 0.05) is 6.54 Å². The van der Waals surface area contributed by atoms with Gasteiger partial charge in [-0.2, -0.15) is 0 Å². The van der Waals surface area contributed by atoms with Crippen LogP contribution in [-0.2, 0) is 21.2 Å². The van der Waals surface area contributed by atoms with E-state index in [1.54, 1.807) is 24.3 Å². The lowest BCUT2D eigenvalue weighted by Gasteiger charge is -2.34. The van der Waals surface area contributed by atoms with Crippen LogP contribution in [0.25, 0.3) is 0 Å². The van der Waals surface area contributed by atoms with Crippen molar-refractivity contribution < 1.29 is 22.7 Å². The van der Waals surface area contributed by atoms with Gasteiger partial charge in [-0.05, 0) is 42.3 Å². The Morgan fingerprint density at radius 1 is 1.12 bits per heavy atom. The van der Waals surface area contributed by atoms with Crippen molar-refractivity contribution in [2.24, 2.45) is 0 Å². The maximum absolute atomic E-state index is 13.5. The van der Waals surface area contributed by atoms with E-state index in [1.807, 2.05) is 30.3 Å². The quantitative estimate of drug-likeness (QED) is 0.551. The SMILES string of the molecule is COc1ccc(S(=O)(=O)N2CC(C(=O)NCCc3ccccc3)Oc3ccccc32)cc1Cl. The van der Waals surface area contributed by atoms with Gasteiger partial charge in [0.15, 0.2) is 6.10 Å². The summed E-state index contributed by atoms with van der Waals surface area (Å²) in [6, 6.07) is 20.7. The molecule has 4 rings (SSSR count). The first-order valence-electron chi connectivity index (χ1n) is 10.3. The zero-order valence-corrected chi connectivity index (χ0v) is 19.5. The van der Waals surface area contributed by atoms with Gasteiger partial charge in [0.1, 0.15) is 11.5 Å². The molecule has 33 heavy (non-hydrogen) atoms. The first-order chi connectivity index (χ1) is 15.9. The van der Waals surface area contributed by atoms with Crippen LogP contribution in [0.1, 0.15) is 5.56 Å². The lowest BCUT2D eigenvalue weighted by molar-refractivity contribution is -0.127. The molecule has 0 spiro atoms. The van der Waals surface area contributed by atoms with Crippen LogP contribution in [0.3, 0.4) is 0 Å². The zero-order chi connectivity index (χ0) is 23.4. The molecule has 0 saturated carbocycles. The summed E-state index contributed by atoms with van der Waals surface area (Å²) in [7, 11) is -2.57. The first kappa shape index (κ1) is 22.9. The molecule has 0 fully saturated rings. The van der Waals surface area contributed by atoms with Crippen LogP contribution in [-0.4, -0.2) is 40.6 Å². The highest BCUT2D eigenvalue weighted by Gasteiger charge is 2.37. The van der Waals surface area contributed by atoms with Gasteiger partial charge in [-0.1, -0.05) is 54.1 Å². The lowest BCUT2D eigenvalue weighted by Crippen LogP contribution is -2.51. The fourth-order valence-electron chi connectivity index (χ4n) is 3.59. The number of carbonyl (C=O) groups is 1. The van der Waals surface area contributed by atoms with Crippen LogP contribution >= 0.6 is 11.6 Å². The molecule has 0 aliphatic carbocycles. The van der Waals surface area contributed by atoms with Crippen molar-refractivity contribution in [3.05, 3.63) is 83.4 Å². The van der Waals surface area contributed by atoms with Gasteiger partial charge < -0.3 is 14.8 Å². The van der Waals surface area contributed by atoms with Crippen LogP contribution in [0, 0.1) is 0 Å². The van der Waals surface area contributed by atoms with Crippen molar-refractivity contribution in [3.8, 4) is 11.5 Å². The number of nitrogens with one attached hydrogen (secondary N) is 1. The number of nitrogens with zero attached hydrogens (tertiary/aromatic N) is 1. The first-order valence-corrected chi connectivity index (χ1v) is 12.2. The van der Waals surface area contributed by atoms with Crippen LogP contribution in [0.2, 0.25) is 5.02 Å². The number of rotatable bonds is 7. The average Bonchev–Trinajstić information content (AvgIpc) is 2.83. The van der Waals surface area contributed by atoms with E-state index < -0.39 is 16.1 Å². The maximum Gasteiger partial charge on any atom is 0.264 e. The van der Waals surface area contributed by atoms with Gasteiger partial charge in [-0.15, -0.1) is 0 Å². The molecule has 0 radical (unpaired) electrons. The molecule has 1 atom stereocenters. The fourth-order valence-corrected chi connectivity index (χ4v) is 5.41. The number of benzene rings is 3. The van der Waals surface area contributed by atoms with Gasteiger partial charge in [-0.25, -0.2) is 8.42 Å². The highest BCUT2D eigenvalue weighted by molar-refractivity contribution is 7.92. The summed E-state index contributed by atoms with van der Waals surface area (Å²) in [5.41, 5.74) is 1.45. The van der Waals surface area contributed by atoms with Crippen molar-refractivity contribution >= 4 is 33.2 Å². The topological polar surface area (TPSA) is 84.9 Å². The predicted octanol–water partition coefficient (Wildman–Crippen LogP) is 3.66. The molecule has 172 valence electrons. The highest BCUT2D eigenvalue weighted by atomic mass is 35.5. The van der Waals surface area contributed by atoms with Crippen molar-refractivity contribution in [1.29, 1.82) is 0 Å². The molecular weight excluding hydrogens is 464 g/mol. The second-order valence-electron chi connectivity index (χ2n) is 7.43. The Balaban J connectivity index is 1.56. The monoisotopic (exact) mass is 486 g/mol. The molecule has 9 heteroatoms. The van der Waals surface area contributed by atoms with E-state index >= 15 is 0 Å². The largest absolute Gasteiger partial charge is 0.495 e. The molecule has 1 N–H and O–H groups in total. The van der Waals surface area contributed by atoms with Crippen LogP contribution in [0.15, 0.2) is 77.7 Å². The maximum atomic E-state index is 13.5. The summed E-state index contributed by atoms with van der Waals surface area (Å²) >= 11 is 6.16. The van der Waals surface area contributed by atoms with Gasteiger partial charge in [0.2, 0.25) is 0 Å². The Kier molecular flexibility index (Phi) is 6.76. The Labute approximate surface area is 197 Å². The normalized spacial score (nSPS) is 15.3. The Morgan fingerprint density at radius 2 is 1.85 bits per heavy atom. The summed E-state index contributed by atoms with van der Waals surface area (Å²) in [5.74, 6) is 0.303. The third kappa shape index (κ3) is 4.91. The van der Waals surface area contributed by atoms with E-state index in [0.717, 1.165) is 5.56 Å².